The fourth-order valence-electron chi connectivity index (χ4n) is 1.36. The van der Waals surface area contributed by atoms with Crippen LogP contribution in [0.2, 0.25) is 0 Å². The van der Waals surface area contributed by atoms with Gasteiger partial charge in [0.05, 0.1) is 11.0 Å². The van der Waals surface area contributed by atoms with Gasteiger partial charge in [0, 0.05) is 0 Å². The number of benzene rings is 1. The van der Waals surface area contributed by atoms with Crippen molar-refractivity contribution in [3.63, 3.8) is 0 Å². The van der Waals surface area contributed by atoms with E-state index in [0.29, 0.717) is 0 Å². The van der Waals surface area contributed by atoms with Gasteiger partial charge in [-0.3, -0.25) is 5.10 Å². The van der Waals surface area contributed by atoms with Crippen LogP contribution in [0.5, 0.6) is 0 Å². The second-order valence-electron chi connectivity index (χ2n) is 2.69. The van der Waals surface area contributed by atoms with Crippen LogP contribution < -0.4 is 0 Å². The molecule has 2 aromatic heterocycles. The maximum absolute atomic E-state index is 4.12. The van der Waals surface area contributed by atoms with Crippen LogP contribution in [0.3, 0.4) is 0 Å². The molecule has 5 nitrogen and oxygen atoms in total. The molecule has 0 amide bonds. The Labute approximate surface area is 72.9 Å². The molecule has 62 valence electrons. The molecule has 1 N–H and O–H groups in total. The van der Waals surface area contributed by atoms with E-state index >= 15 is 0 Å². The second-order valence-corrected chi connectivity index (χ2v) is 2.69. The first-order valence-electron chi connectivity index (χ1n) is 3.84. The summed E-state index contributed by atoms with van der Waals surface area (Å²) in [4.78, 5) is 12.3. The van der Waals surface area contributed by atoms with E-state index in [4.69, 9.17) is 0 Å². The van der Waals surface area contributed by atoms with Crippen molar-refractivity contribution in [2.45, 2.75) is 0 Å². The van der Waals surface area contributed by atoms with Gasteiger partial charge in [0.25, 0.3) is 0 Å². The monoisotopic (exact) mass is 171 g/mol. The summed E-state index contributed by atoms with van der Waals surface area (Å²) in [6, 6.07) is 3.79. The van der Waals surface area contributed by atoms with Crippen molar-refractivity contribution < 1.29 is 0 Å². The third kappa shape index (κ3) is 0.807. The van der Waals surface area contributed by atoms with E-state index in [2.05, 4.69) is 25.1 Å². The van der Waals surface area contributed by atoms with E-state index in [1.165, 1.54) is 12.7 Å². The average Bonchev–Trinajstić information content (AvgIpc) is 2.65. The average molecular weight is 171 g/mol. The molecule has 0 aliphatic rings. The number of H-pyrrole nitrogens is 1. The van der Waals surface area contributed by atoms with Crippen molar-refractivity contribution in [3.8, 4) is 0 Å². The van der Waals surface area contributed by atoms with Gasteiger partial charge in [0.1, 0.15) is 23.7 Å². The maximum atomic E-state index is 4.12. The first-order chi connectivity index (χ1) is 6.45. The number of nitrogens with one attached hydrogen (secondary N) is 1. The van der Waals surface area contributed by atoms with Crippen LogP contribution in [0.25, 0.3) is 22.1 Å². The molecule has 0 saturated heterocycles. The van der Waals surface area contributed by atoms with E-state index in [1.807, 2.05) is 12.1 Å². The van der Waals surface area contributed by atoms with Gasteiger partial charge >= 0.3 is 0 Å². The van der Waals surface area contributed by atoms with E-state index < -0.39 is 0 Å². The van der Waals surface area contributed by atoms with Gasteiger partial charge in [-0.05, 0) is 12.1 Å². The normalized spacial score (nSPS) is 11.1. The summed E-state index contributed by atoms with van der Waals surface area (Å²) in [7, 11) is 0. The predicted molar refractivity (Wildman–Crippen MR) is 47.0 cm³/mol. The SMILES string of the molecule is c1n[nH]c2c(ccc3ncnc32)n1. The lowest BCUT2D eigenvalue weighted by Gasteiger charge is -1.94. The number of imidazole rings is 1. The van der Waals surface area contributed by atoms with E-state index in [-0.39, 0.29) is 0 Å². The summed E-state index contributed by atoms with van der Waals surface area (Å²) in [6.07, 6.45) is 3.01. The van der Waals surface area contributed by atoms with Crippen LogP contribution in [0.1, 0.15) is 0 Å². The van der Waals surface area contributed by atoms with Crippen LogP contribution >= 0.6 is 0 Å². The second kappa shape index (κ2) is 2.22. The number of hydrogen-bond donors (Lipinski definition) is 1. The number of aromatic amines is 1. The molecule has 0 spiro atoms. The molecule has 0 bridgehead atoms. The van der Waals surface area contributed by atoms with Gasteiger partial charge in [-0.2, -0.15) is 5.10 Å². The molecule has 0 fully saturated rings. The Balaban J connectivity index is 2.65. The highest BCUT2D eigenvalue weighted by Crippen LogP contribution is 2.17. The largest absolute Gasteiger partial charge is 0.273 e. The van der Waals surface area contributed by atoms with Crippen molar-refractivity contribution in [2.75, 3.05) is 0 Å². The van der Waals surface area contributed by atoms with Gasteiger partial charge in [0.2, 0.25) is 0 Å². The summed E-state index contributed by atoms with van der Waals surface area (Å²) in [5.41, 5.74) is 3.36. The molecule has 0 unspecified atom stereocenters. The van der Waals surface area contributed by atoms with Crippen LogP contribution in [-0.2, 0) is 0 Å². The van der Waals surface area contributed by atoms with Crippen LogP contribution in [0, 0.1) is 0 Å². The van der Waals surface area contributed by atoms with E-state index in [0.717, 1.165) is 22.1 Å². The third-order valence-electron chi connectivity index (χ3n) is 1.95. The van der Waals surface area contributed by atoms with E-state index in [1.54, 1.807) is 0 Å². The highest BCUT2D eigenvalue weighted by molar-refractivity contribution is 5.99. The molecule has 5 heteroatoms. The maximum Gasteiger partial charge on any atom is 0.136 e. The summed E-state index contributed by atoms with van der Waals surface area (Å²) in [6.45, 7) is 0. The van der Waals surface area contributed by atoms with Gasteiger partial charge in [-0.1, -0.05) is 0 Å². The summed E-state index contributed by atoms with van der Waals surface area (Å²) < 4.78 is 0. The topological polar surface area (TPSA) is 67.3 Å². The van der Waals surface area contributed by atoms with Gasteiger partial charge < -0.3 is 0 Å². The molecule has 0 saturated carbocycles. The minimum absolute atomic E-state index is 0.818. The number of fused-ring (bicyclic) bond motifs is 3. The molecule has 3 aromatic rings. The van der Waals surface area contributed by atoms with Crippen LogP contribution in [0.15, 0.2) is 24.8 Å². The van der Waals surface area contributed by atoms with Crippen LogP contribution in [-0.4, -0.2) is 25.1 Å². The Morgan fingerprint density at radius 1 is 0.923 bits per heavy atom. The lowest BCUT2D eigenvalue weighted by Crippen LogP contribution is -1.87. The third-order valence-corrected chi connectivity index (χ3v) is 1.95. The number of rotatable bonds is 0. The highest BCUT2D eigenvalue weighted by Gasteiger charge is 2.03. The molecule has 0 radical (unpaired) electrons. The molecule has 0 aliphatic heterocycles. The summed E-state index contributed by atoms with van der Waals surface area (Å²) in [5.74, 6) is 0. The first-order valence-corrected chi connectivity index (χ1v) is 3.84. The molecule has 3 rings (SSSR count). The molecule has 0 atom stereocenters. The molecule has 0 aliphatic carbocycles. The zero-order valence-electron chi connectivity index (χ0n) is 6.60. The predicted octanol–water partition coefficient (Wildman–Crippen LogP) is 0.901. The molecular weight excluding hydrogens is 166 g/mol. The quantitative estimate of drug-likeness (QED) is 0.545. The van der Waals surface area contributed by atoms with Crippen molar-refractivity contribution in [1.82, 2.24) is 25.1 Å². The number of nitrogens with zero attached hydrogens (tertiary/aromatic N) is 4. The van der Waals surface area contributed by atoms with Gasteiger partial charge in [-0.25, -0.2) is 15.0 Å². The number of hydrogen-bond acceptors (Lipinski definition) is 4. The number of aromatic nitrogens is 5. The highest BCUT2D eigenvalue weighted by atomic mass is 15.1. The molecular formula is C8H5N5. The summed E-state index contributed by atoms with van der Waals surface area (Å²) in [5, 5.41) is 6.70. The fraction of sp³-hybridized carbons (Fsp3) is 0. The first kappa shape index (κ1) is 6.47. The van der Waals surface area contributed by atoms with Crippen LogP contribution in [0.4, 0.5) is 0 Å². The Bertz CT molecular complexity index is 571. The molecule has 13 heavy (non-hydrogen) atoms. The van der Waals surface area contributed by atoms with Crippen molar-refractivity contribution >= 4 is 22.1 Å². The van der Waals surface area contributed by atoms with Gasteiger partial charge in [-0.15, -0.1) is 0 Å². The van der Waals surface area contributed by atoms with E-state index in [9.17, 15) is 0 Å². The Morgan fingerprint density at radius 2 is 1.77 bits per heavy atom. The zero-order chi connectivity index (χ0) is 8.67. The van der Waals surface area contributed by atoms with Crippen molar-refractivity contribution in [1.29, 1.82) is 0 Å². The Morgan fingerprint density at radius 3 is 2.77 bits per heavy atom. The summed E-state index contributed by atoms with van der Waals surface area (Å²) >= 11 is 0. The zero-order valence-corrected chi connectivity index (χ0v) is 6.60. The lowest BCUT2D eigenvalue weighted by atomic mass is 10.2. The van der Waals surface area contributed by atoms with Crippen molar-refractivity contribution in [3.05, 3.63) is 24.8 Å². The minimum atomic E-state index is 0.818. The van der Waals surface area contributed by atoms with Crippen molar-refractivity contribution in [2.24, 2.45) is 0 Å². The fourth-order valence-corrected chi connectivity index (χ4v) is 1.36. The molecule has 1 aromatic carbocycles. The minimum Gasteiger partial charge on any atom is -0.273 e. The standard InChI is InChI=1S/C8H5N5/c1-2-6-8(13-12-4-10-6)7-5(1)9-3-11-7/h1-4,13H. The smallest absolute Gasteiger partial charge is 0.136 e. The Hall–Kier alpha value is -2.04. The van der Waals surface area contributed by atoms with Gasteiger partial charge in [0.15, 0.2) is 0 Å². The molecule has 2 heterocycles. The Kier molecular flexibility index (Phi) is 1.11. The lowest BCUT2D eigenvalue weighted by molar-refractivity contribution is 1.02.